The van der Waals surface area contributed by atoms with Crippen molar-refractivity contribution in [2.24, 2.45) is 0 Å². The highest BCUT2D eigenvalue weighted by Crippen LogP contribution is 2.36. The lowest BCUT2D eigenvalue weighted by atomic mass is 9.99. The van der Waals surface area contributed by atoms with E-state index in [0.717, 1.165) is 23.7 Å². The van der Waals surface area contributed by atoms with Gasteiger partial charge < -0.3 is 5.32 Å². The minimum absolute atomic E-state index is 0.186. The van der Waals surface area contributed by atoms with Gasteiger partial charge in [-0.15, -0.1) is 11.3 Å². The molecular weight excluding hydrogens is 280 g/mol. The maximum atomic E-state index is 11.9. The van der Waals surface area contributed by atoms with Gasteiger partial charge in [0.15, 0.2) is 9.84 Å². The lowest BCUT2D eigenvalue weighted by molar-refractivity contribution is 0.373. The van der Waals surface area contributed by atoms with Gasteiger partial charge in [0, 0.05) is 5.38 Å². The van der Waals surface area contributed by atoms with Crippen molar-refractivity contribution < 1.29 is 8.42 Å². The van der Waals surface area contributed by atoms with Crippen molar-refractivity contribution >= 4 is 21.2 Å². The Hall–Kier alpha value is -0.460. The molecule has 1 N–H and O–H groups in total. The van der Waals surface area contributed by atoms with E-state index < -0.39 is 15.4 Å². The average molecular weight is 302 g/mol. The first-order valence-corrected chi connectivity index (χ1v) is 9.50. The van der Waals surface area contributed by atoms with Gasteiger partial charge in [0.25, 0.3) is 0 Å². The molecule has 0 radical (unpaired) electrons. The Morgan fingerprint density at radius 1 is 1.53 bits per heavy atom. The Balaban J connectivity index is 2.32. The number of rotatable bonds is 5. The van der Waals surface area contributed by atoms with Crippen LogP contribution in [0.15, 0.2) is 5.38 Å². The molecule has 19 heavy (non-hydrogen) atoms. The molecule has 108 valence electrons. The minimum Gasteiger partial charge on any atom is -0.305 e. The van der Waals surface area contributed by atoms with Crippen molar-refractivity contribution in [3.8, 4) is 0 Å². The standard InChI is InChI=1S/C13H22N2O2S2/c1-4-6-14-13(5-7-19(16,17)9-13)12-15-11(8-18-12)10(2)3/h8,10,14H,4-7,9H2,1-3H3. The predicted molar refractivity (Wildman–Crippen MR) is 79.4 cm³/mol. The molecule has 1 atom stereocenters. The smallest absolute Gasteiger partial charge is 0.152 e. The van der Waals surface area contributed by atoms with Gasteiger partial charge in [0.1, 0.15) is 5.01 Å². The number of aromatic nitrogens is 1. The maximum absolute atomic E-state index is 11.9. The number of hydrogen-bond donors (Lipinski definition) is 1. The van der Waals surface area contributed by atoms with Crippen LogP contribution in [0.5, 0.6) is 0 Å². The van der Waals surface area contributed by atoms with E-state index in [-0.39, 0.29) is 11.5 Å². The van der Waals surface area contributed by atoms with Crippen LogP contribution in [0.3, 0.4) is 0 Å². The monoisotopic (exact) mass is 302 g/mol. The van der Waals surface area contributed by atoms with Crippen LogP contribution in [-0.4, -0.2) is 31.5 Å². The number of nitrogens with one attached hydrogen (secondary N) is 1. The van der Waals surface area contributed by atoms with Gasteiger partial charge >= 0.3 is 0 Å². The van der Waals surface area contributed by atoms with E-state index in [2.05, 4.69) is 36.5 Å². The Labute approximate surface area is 119 Å². The molecule has 1 aromatic rings. The van der Waals surface area contributed by atoms with Crippen LogP contribution in [0, 0.1) is 0 Å². The van der Waals surface area contributed by atoms with Gasteiger partial charge in [0.2, 0.25) is 0 Å². The molecular formula is C13H22N2O2S2. The summed E-state index contributed by atoms with van der Waals surface area (Å²) in [6.07, 6.45) is 1.63. The van der Waals surface area contributed by atoms with E-state index >= 15 is 0 Å². The lowest BCUT2D eigenvalue weighted by Crippen LogP contribution is -2.44. The van der Waals surface area contributed by atoms with Gasteiger partial charge in [-0.25, -0.2) is 13.4 Å². The van der Waals surface area contributed by atoms with E-state index in [1.165, 1.54) is 0 Å². The highest BCUT2D eigenvalue weighted by atomic mass is 32.2. The van der Waals surface area contributed by atoms with Gasteiger partial charge in [-0.2, -0.15) is 0 Å². The molecule has 0 saturated carbocycles. The molecule has 2 heterocycles. The molecule has 1 aromatic heterocycles. The van der Waals surface area contributed by atoms with Gasteiger partial charge in [-0.3, -0.25) is 0 Å². The van der Waals surface area contributed by atoms with Gasteiger partial charge in [-0.1, -0.05) is 20.8 Å². The molecule has 1 unspecified atom stereocenters. The van der Waals surface area contributed by atoms with Crippen molar-refractivity contribution in [2.75, 3.05) is 18.1 Å². The van der Waals surface area contributed by atoms with E-state index in [9.17, 15) is 8.42 Å². The summed E-state index contributed by atoms with van der Waals surface area (Å²) in [7, 11) is -2.94. The maximum Gasteiger partial charge on any atom is 0.152 e. The second-order valence-corrected chi connectivity index (χ2v) is 8.63. The second kappa shape index (κ2) is 5.50. The summed E-state index contributed by atoms with van der Waals surface area (Å²) >= 11 is 1.59. The van der Waals surface area contributed by atoms with E-state index in [0.29, 0.717) is 12.3 Å². The zero-order chi connectivity index (χ0) is 14.1. The van der Waals surface area contributed by atoms with Crippen molar-refractivity contribution in [1.29, 1.82) is 0 Å². The Morgan fingerprint density at radius 2 is 2.26 bits per heavy atom. The molecule has 0 spiro atoms. The zero-order valence-corrected chi connectivity index (χ0v) is 13.4. The highest BCUT2D eigenvalue weighted by Gasteiger charge is 2.45. The normalized spacial score (nSPS) is 26.1. The number of nitrogens with zero attached hydrogens (tertiary/aromatic N) is 1. The summed E-state index contributed by atoms with van der Waals surface area (Å²) in [6, 6.07) is 0. The summed E-state index contributed by atoms with van der Waals surface area (Å²) in [5.74, 6) is 0.831. The first-order valence-electron chi connectivity index (χ1n) is 6.80. The van der Waals surface area contributed by atoms with Crippen LogP contribution in [0.1, 0.15) is 50.2 Å². The third kappa shape index (κ3) is 3.17. The van der Waals surface area contributed by atoms with E-state index in [4.69, 9.17) is 0 Å². The molecule has 1 aliphatic heterocycles. The highest BCUT2D eigenvalue weighted by molar-refractivity contribution is 7.91. The summed E-state index contributed by atoms with van der Waals surface area (Å²) in [4.78, 5) is 4.67. The van der Waals surface area contributed by atoms with Crippen LogP contribution in [0.4, 0.5) is 0 Å². The van der Waals surface area contributed by atoms with Gasteiger partial charge in [0.05, 0.1) is 22.7 Å². The fraction of sp³-hybridized carbons (Fsp3) is 0.769. The molecule has 0 amide bonds. The summed E-state index contributed by atoms with van der Waals surface area (Å²) in [5.41, 5.74) is 0.606. The van der Waals surface area contributed by atoms with Crippen LogP contribution in [-0.2, 0) is 15.4 Å². The number of hydrogen-bond acceptors (Lipinski definition) is 5. The Morgan fingerprint density at radius 3 is 2.74 bits per heavy atom. The topological polar surface area (TPSA) is 59.1 Å². The molecule has 1 saturated heterocycles. The van der Waals surface area contributed by atoms with Crippen LogP contribution in [0.25, 0.3) is 0 Å². The molecule has 6 heteroatoms. The molecule has 0 aliphatic carbocycles. The van der Waals surface area contributed by atoms with E-state index in [1.54, 1.807) is 11.3 Å². The van der Waals surface area contributed by atoms with Crippen molar-refractivity contribution in [3.63, 3.8) is 0 Å². The molecule has 1 aliphatic rings. The Kier molecular flexibility index (Phi) is 4.32. The molecule has 1 fully saturated rings. The second-order valence-electron chi connectivity index (χ2n) is 5.58. The fourth-order valence-electron chi connectivity index (χ4n) is 2.37. The summed E-state index contributed by atoms with van der Waals surface area (Å²) in [5, 5.41) is 6.43. The summed E-state index contributed by atoms with van der Waals surface area (Å²) < 4.78 is 23.7. The SMILES string of the molecule is CCCNC1(c2nc(C(C)C)cs2)CCS(=O)(=O)C1. The quantitative estimate of drug-likeness (QED) is 0.906. The minimum atomic E-state index is -2.94. The van der Waals surface area contributed by atoms with Crippen molar-refractivity contribution in [1.82, 2.24) is 10.3 Å². The third-order valence-electron chi connectivity index (χ3n) is 3.54. The molecule has 4 nitrogen and oxygen atoms in total. The molecule has 2 rings (SSSR count). The van der Waals surface area contributed by atoms with Crippen LogP contribution < -0.4 is 5.32 Å². The first kappa shape index (κ1) is 14.9. The van der Waals surface area contributed by atoms with Crippen molar-refractivity contribution in [2.45, 2.75) is 45.1 Å². The lowest BCUT2D eigenvalue weighted by Gasteiger charge is -2.26. The Bertz CT molecular complexity index is 537. The predicted octanol–water partition coefficient (Wildman–Crippen LogP) is 2.28. The fourth-order valence-corrected chi connectivity index (χ4v) is 5.59. The summed E-state index contributed by atoms with van der Waals surface area (Å²) in [6.45, 7) is 7.13. The molecule has 0 aromatic carbocycles. The largest absolute Gasteiger partial charge is 0.305 e. The first-order chi connectivity index (χ1) is 8.88. The zero-order valence-electron chi connectivity index (χ0n) is 11.8. The average Bonchev–Trinajstić information content (AvgIpc) is 2.92. The number of sulfone groups is 1. The third-order valence-corrected chi connectivity index (χ3v) is 6.37. The number of thiazole rings is 1. The van der Waals surface area contributed by atoms with Crippen LogP contribution >= 0.6 is 11.3 Å². The van der Waals surface area contributed by atoms with Gasteiger partial charge in [-0.05, 0) is 25.3 Å². The molecule has 0 bridgehead atoms. The van der Waals surface area contributed by atoms with E-state index in [1.807, 2.05) is 0 Å². The van der Waals surface area contributed by atoms with Crippen LogP contribution in [0.2, 0.25) is 0 Å². The van der Waals surface area contributed by atoms with Crippen molar-refractivity contribution in [3.05, 3.63) is 16.1 Å².